The second-order valence-corrected chi connectivity index (χ2v) is 7.64. The first kappa shape index (κ1) is 16.9. The number of rotatable bonds is 5. The highest BCUT2D eigenvalue weighted by molar-refractivity contribution is 7.15. The molecule has 1 amide bonds. The van der Waals surface area contributed by atoms with Gasteiger partial charge in [0, 0.05) is 17.7 Å². The minimum Gasteiger partial charge on any atom is -0.295 e. The molecule has 4 rings (SSSR count). The summed E-state index contributed by atoms with van der Waals surface area (Å²) in [5.41, 5.74) is 4.90. The van der Waals surface area contributed by atoms with Crippen molar-refractivity contribution in [2.24, 2.45) is 0 Å². The molecule has 0 saturated carbocycles. The number of aryl methyl sites for hydroxylation is 2. The van der Waals surface area contributed by atoms with Gasteiger partial charge in [-0.3, -0.25) is 10.1 Å². The molecule has 1 N–H and O–H groups in total. The zero-order valence-electron chi connectivity index (χ0n) is 15.0. The van der Waals surface area contributed by atoms with Crippen molar-refractivity contribution in [3.05, 3.63) is 51.8 Å². The summed E-state index contributed by atoms with van der Waals surface area (Å²) in [5.74, 6) is -0.201. The Labute approximate surface area is 156 Å². The van der Waals surface area contributed by atoms with Gasteiger partial charge in [0.15, 0.2) is 5.69 Å². The number of hydrogen-bond acceptors (Lipinski definition) is 5. The molecule has 6 nitrogen and oxygen atoms in total. The van der Waals surface area contributed by atoms with Crippen molar-refractivity contribution in [3.63, 3.8) is 0 Å². The minimum atomic E-state index is -0.201. The summed E-state index contributed by atoms with van der Waals surface area (Å²) in [6.45, 7) is 4.16. The molecule has 0 fully saturated rings. The third-order valence-electron chi connectivity index (χ3n) is 4.58. The van der Waals surface area contributed by atoms with Gasteiger partial charge in [-0.25, -0.2) is 4.68 Å². The van der Waals surface area contributed by atoms with E-state index in [0.717, 1.165) is 54.1 Å². The molecular weight excluding hydrogens is 346 g/mol. The quantitative estimate of drug-likeness (QED) is 0.746. The molecule has 1 aliphatic rings. The van der Waals surface area contributed by atoms with E-state index in [1.54, 1.807) is 0 Å². The van der Waals surface area contributed by atoms with Crippen LogP contribution >= 0.6 is 11.3 Å². The lowest BCUT2D eigenvalue weighted by Gasteiger charge is -2.05. The summed E-state index contributed by atoms with van der Waals surface area (Å²) in [6.07, 6.45) is 4.78. The van der Waals surface area contributed by atoms with Gasteiger partial charge in [0.2, 0.25) is 5.13 Å². The van der Waals surface area contributed by atoms with Crippen molar-refractivity contribution in [2.45, 2.75) is 46.0 Å². The Kier molecular flexibility index (Phi) is 4.55. The number of amides is 1. The van der Waals surface area contributed by atoms with Gasteiger partial charge in [-0.2, -0.15) is 5.10 Å². The molecule has 26 heavy (non-hydrogen) atoms. The lowest BCUT2D eigenvalue weighted by Crippen LogP contribution is -2.14. The van der Waals surface area contributed by atoms with Gasteiger partial charge in [0.25, 0.3) is 5.91 Å². The van der Waals surface area contributed by atoms with Crippen molar-refractivity contribution in [2.75, 3.05) is 5.32 Å². The molecule has 1 aromatic carbocycles. The number of carbonyl (C=O) groups excluding carboxylic acids is 1. The number of carbonyl (C=O) groups is 1. The Morgan fingerprint density at radius 2 is 2.04 bits per heavy atom. The third-order valence-corrected chi connectivity index (χ3v) is 5.47. The summed E-state index contributed by atoms with van der Waals surface area (Å²) < 4.78 is 1.92. The average Bonchev–Trinajstić information content (AvgIpc) is 3.33. The largest absolute Gasteiger partial charge is 0.295 e. The van der Waals surface area contributed by atoms with Crippen molar-refractivity contribution in [1.82, 2.24) is 20.0 Å². The molecule has 0 aliphatic heterocycles. The van der Waals surface area contributed by atoms with E-state index in [0.29, 0.717) is 10.8 Å². The van der Waals surface area contributed by atoms with E-state index in [9.17, 15) is 4.79 Å². The van der Waals surface area contributed by atoms with Crippen LogP contribution in [0.2, 0.25) is 0 Å². The van der Waals surface area contributed by atoms with Gasteiger partial charge in [-0.05, 0) is 44.7 Å². The van der Waals surface area contributed by atoms with Gasteiger partial charge in [-0.1, -0.05) is 36.0 Å². The Bertz CT molecular complexity index is 941. The number of nitrogens with zero attached hydrogens (tertiary/aromatic N) is 4. The van der Waals surface area contributed by atoms with Crippen LogP contribution in [0, 0.1) is 6.92 Å². The maximum absolute atomic E-state index is 12.8. The molecular formula is C19H21N5OS. The highest BCUT2D eigenvalue weighted by atomic mass is 32.1. The fourth-order valence-electron chi connectivity index (χ4n) is 3.29. The monoisotopic (exact) mass is 367 g/mol. The Morgan fingerprint density at radius 1 is 1.23 bits per heavy atom. The molecule has 0 saturated heterocycles. The lowest BCUT2D eigenvalue weighted by molar-refractivity contribution is 0.102. The Hall–Kier alpha value is -2.54. The minimum absolute atomic E-state index is 0.201. The number of anilines is 1. The second kappa shape index (κ2) is 6.99. The van der Waals surface area contributed by atoms with Crippen LogP contribution in [0.25, 0.3) is 5.69 Å². The molecule has 0 atom stereocenters. The van der Waals surface area contributed by atoms with Crippen LogP contribution in [0.3, 0.4) is 0 Å². The first-order chi connectivity index (χ1) is 12.7. The van der Waals surface area contributed by atoms with Crippen molar-refractivity contribution in [3.8, 4) is 5.69 Å². The van der Waals surface area contributed by atoms with E-state index in [1.807, 2.05) is 16.8 Å². The topological polar surface area (TPSA) is 72.7 Å². The second-order valence-electron chi connectivity index (χ2n) is 6.58. The molecule has 2 heterocycles. The molecule has 0 bridgehead atoms. The molecule has 0 radical (unpaired) electrons. The van der Waals surface area contributed by atoms with Crippen LogP contribution in [-0.4, -0.2) is 25.9 Å². The van der Waals surface area contributed by atoms with Crippen LogP contribution in [0.5, 0.6) is 0 Å². The highest BCUT2D eigenvalue weighted by Gasteiger charge is 2.27. The first-order valence-electron chi connectivity index (χ1n) is 8.97. The predicted octanol–water partition coefficient (Wildman–Crippen LogP) is 3.73. The first-order valence-corrected chi connectivity index (χ1v) is 9.79. The molecule has 0 spiro atoms. The lowest BCUT2D eigenvalue weighted by atomic mass is 10.2. The van der Waals surface area contributed by atoms with E-state index in [2.05, 4.69) is 46.6 Å². The number of nitrogens with one attached hydrogen (secondary N) is 1. The fraction of sp³-hybridized carbons (Fsp3) is 0.368. The summed E-state index contributed by atoms with van der Waals surface area (Å²) in [6, 6.07) is 8.22. The van der Waals surface area contributed by atoms with E-state index in [-0.39, 0.29) is 5.91 Å². The van der Waals surface area contributed by atoms with Crippen molar-refractivity contribution >= 4 is 22.4 Å². The molecule has 7 heteroatoms. The fourth-order valence-corrected chi connectivity index (χ4v) is 4.13. The Balaban J connectivity index is 1.63. The van der Waals surface area contributed by atoms with Crippen molar-refractivity contribution < 1.29 is 4.79 Å². The van der Waals surface area contributed by atoms with Crippen LogP contribution in [0.1, 0.15) is 52.1 Å². The number of hydrogen-bond donors (Lipinski definition) is 1. The van der Waals surface area contributed by atoms with Crippen molar-refractivity contribution in [1.29, 1.82) is 0 Å². The van der Waals surface area contributed by atoms with Crippen LogP contribution in [0.15, 0.2) is 24.3 Å². The van der Waals surface area contributed by atoms with Crippen LogP contribution < -0.4 is 5.32 Å². The maximum Gasteiger partial charge on any atom is 0.278 e. The Morgan fingerprint density at radius 3 is 2.81 bits per heavy atom. The van der Waals surface area contributed by atoms with E-state index in [4.69, 9.17) is 0 Å². The normalized spacial score (nSPS) is 13.0. The summed E-state index contributed by atoms with van der Waals surface area (Å²) in [4.78, 5) is 12.8. The SMILES string of the molecule is CCCc1nnc(NC(=O)c2nn(-c3ccc(C)cc3)c3c2CCC3)s1. The van der Waals surface area contributed by atoms with E-state index in [1.165, 1.54) is 16.9 Å². The molecule has 0 unspecified atom stereocenters. The summed E-state index contributed by atoms with van der Waals surface area (Å²) >= 11 is 1.43. The third kappa shape index (κ3) is 3.14. The molecule has 3 aromatic rings. The van der Waals surface area contributed by atoms with Gasteiger partial charge >= 0.3 is 0 Å². The van der Waals surface area contributed by atoms with Gasteiger partial charge < -0.3 is 0 Å². The number of benzene rings is 1. The number of fused-ring (bicyclic) bond motifs is 1. The average molecular weight is 367 g/mol. The highest BCUT2D eigenvalue weighted by Crippen LogP contribution is 2.28. The van der Waals surface area contributed by atoms with Gasteiger partial charge in [0.05, 0.1) is 5.69 Å². The summed E-state index contributed by atoms with van der Waals surface area (Å²) in [7, 11) is 0. The maximum atomic E-state index is 12.8. The van der Waals surface area contributed by atoms with E-state index >= 15 is 0 Å². The van der Waals surface area contributed by atoms with Gasteiger partial charge in [0.1, 0.15) is 5.01 Å². The standard InChI is InChI=1S/C19H21N5OS/c1-3-5-16-21-22-19(26-16)20-18(25)17-14-6-4-7-15(14)24(23-17)13-10-8-12(2)9-11-13/h8-11H,3-7H2,1-2H3,(H,20,22,25). The molecule has 1 aliphatic carbocycles. The molecule has 134 valence electrons. The van der Waals surface area contributed by atoms with Gasteiger partial charge in [-0.15, -0.1) is 10.2 Å². The van der Waals surface area contributed by atoms with Crippen LogP contribution in [0.4, 0.5) is 5.13 Å². The number of aromatic nitrogens is 4. The van der Waals surface area contributed by atoms with Crippen LogP contribution in [-0.2, 0) is 19.3 Å². The predicted molar refractivity (Wildman–Crippen MR) is 102 cm³/mol. The smallest absolute Gasteiger partial charge is 0.278 e. The summed E-state index contributed by atoms with van der Waals surface area (Å²) in [5, 5.41) is 17.2. The zero-order chi connectivity index (χ0) is 18.1. The zero-order valence-corrected chi connectivity index (χ0v) is 15.8. The molecule has 2 aromatic heterocycles. The van der Waals surface area contributed by atoms with E-state index < -0.39 is 0 Å².